The number of hydrogen-bond donors (Lipinski definition) is 1. The van der Waals surface area contributed by atoms with Gasteiger partial charge in [0.15, 0.2) is 0 Å². The molecule has 0 amide bonds. The van der Waals surface area contributed by atoms with Crippen LogP contribution in [0.15, 0.2) is 0 Å². The zero-order valence-electron chi connectivity index (χ0n) is 8.16. The highest BCUT2D eigenvalue weighted by Gasteiger charge is 2.16. The molecule has 0 aromatic rings. The second-order valence-corrected chi connectivity index (χ2v) is 4.83. The summed E-state index contributed by atoms with van der Waals surface area (Å²) in [6.07, 6.45) is 1.65. The Morgan fingerprint density at radius 1 is 1.25 bits per heavy atom. The highest BCUT2D eigenvalue weighted by atomic mass is 32.2. The molecule has 12 heavy (non-hydrogen) atoms. The van der Waals surface area contributed by atoms with Crippen molar-refractivity contribution in [3.05, 3.63) is 0 Å². The maximum atomic E-state index is 11.3. The molecule has 0 fully saturated rings. The van der Waals surface area contributed by atoms with E-state index in [1.54, 1.807) is 0 Å². The fraction of sp³-hybridized carbons (Fsp3) is 1.00. The van der Waals surface area contributed by atoms with Gasteiger partial charge < -0.3 is 0 Å². The molecular weight excluding hydrogens is 176 g/mol. The van der Waals surface area contributed by atoms with E-state index in [1.807, 2.05) is 13.8 Å². The van der Waals surface area contributed by atoms with Crippen LogP contribution in [-0.4, -0.2) is 32.9 Å². The lowest BCUT2D eigenvalue weighted by molar-refractivity contribution is 0.476. The lowest BCUT2D eigenvalue weighted by Gasteiger charge is -2.18. The molecule has 74 valence electrons. The van der Waals surface area contributed by atoms with E-state index in [2.05, 4.69) is 4.72 Å². The van der Waals surface area contributed by atoms with E-state index in [0.717, 1.165) is 12.8 Å². The van der Waals surface area contributed by atoms with Gasteiger partial charge in [-0.05, 0) is 12.8 Å². The summed E-state index contributed by atoms with van der Waals surface area (Å²) in [5.74, 6) is 0. The molecule has 0 saturated heterocycles. The van der Waals surface area contributed by atoms with Gasteiger partial charge in [0.2, 0.25) is 0 Å². The van der Waals surface area contributed by atoms with Gasteiger partial charge in [-0.3, -0.25) is 0 Å². The standard InChI is InChI=1S/C7H18N2O2S/c1-5-7(6-2)8-12(10,11)9(3)4/h7-8H,5-6H2,1-4H3. The second-order valence-electron chi connectivity index (χ2n) is 2.92. The third-order valence-corrected chi connectivity index (χ3v) is 3.37. The van der Waals surface area contributed by atoms with Gasteiger partial charge in [-0.2, -0.15) is 17.4 Å². The summed E-state index contributed by atoms with van der Waals surface area (Å²) in [5, 5.41) is 0. The molecule has 0 rings (SSSR count). The molecular formula is C7H18N2O2S. The van der Waals surface area contributed by atoms with Crippen LogP contribution < -0.4 is 4.72 Å². The van der Waals surface area contributed by atoms with Gasteiger partial charge in [0, 0.05) is 20.1 Å². The molecule has 0 heterocycles. The third-order valence-electron chi connectivity index (χ3n) is 1.78. The molecule has 0 aromatic heterocycles. The molecule has 0 aromatic carbocycles. The summed E-state index contributed by atoms with van der Waals surface area (Å²) >= 11 is 0. The van der Waals surface area contributed by atoms with E-state index >= 15 is 0 Å². The summed E-state index contributed by atoms with van der Waals surface area (Å²) in [4.78, 5) is 0. The minimum Gasteiger partial charge on any atom is -0.199 e. The predicted molar refractivity (Wildman–Crippen MR) is 50.1 cm³/mol. The molecule has 0 unspecified atom stereocenters. The molecule has 0 saturated carbocycles. The maximum Gasteiger partial charge on any atom is 0.279 e. The van der Waals surface area contributed by atoms with Crippen molar-refractivity contribution in [1.82, 2.24) is 9.03 Å². The van der Waals surface area contributed by atoms with Crippen LogP contribution in [0.2, 0.25) is 0 Å². The smallest absolute Gasteiger partial charge is 0.199 e. The summed E-state index contributed by atoms with van der Waals surface area (Å²) in [7, 11) is -0.201. The van der Waals surface area contributed by atoms with Crippen molar-refractivity contribution < 1.29 is 8.42 Å². The van der Waals surface area contributed by atoms with Gasteiger partial charge in [0.1, 0.15) is 0 Å². The van der Waals surface area contributed by atoms with Crippen LogP contribution in [0.4, 0.5) is 0 Å². The Balaban J connectivity index is 4.23. The van der Waals surface area contributed by atoms with Crippen molar-refractivity contribution in [3.8, 4) is 0 Å². The van der Waals surface area contributed by atoms with Crippen molar-refractivity contribution >= 4 is 10.2 Å². The van der Waals surface area contributed by atoms with E-state index in [0.29, 0.717) is 0 Å². The van der Waals surface area contributed by atoms with Crippen LogP contribution in [0.25, 0.3) is 0 Å². The number of rotatable bonds is 5. The normalized spacial score (nSPS) is 12.8. The first-order chi connectivity index (χ1) is 5.44. The largest absolute Gasteiger partial charge is 0.279 e. The second kappa shape index (κ2) is 4.79. The van der Waals surface area contributed by atoms with Gasteiger partial charge in [0.05, 0.1) is 0 Å². The molecule has 4 nitrogen and oxygen atoms in total. The lowest BCUT2D eigenvalue weighted by atomic mass is 10.2. The molecule has 0 radical (unpaired) electrons. The monoisotopic (exact) mass is 194 g/mol. The number of nitrogens with one attached hydrogen (secondary N) is 1. The topological polar surface area (TPSA) is 49.4 Å². The summed E-state index contributed by atoms with van der Waals surface area (Å²) in [6, 6.07) is 0.0531. The Kier molecular flexibility index (Phi) is 4.74. The van der Waals surface area contributed by atoms with Gasteiger partial charge in [-0.25, -0.2) is 0 Å². The fourth-order valence-corrected chi connectivity index (χ4v) is 1.74. The first-order valence-corrected chi connectivity index (χ1v) is 5.57. The molecule has 0 atom stereocenters. The van der Waals surface area contributed by atoms with Crippen molar-refractivity contribution in [3.63, 3.8) is 0 Å². The number of nitrogens with zero attached hydrogens (tertiary/aromatic N) is 1. The zero-order chi connectivity index (χ0) is 9.78. The summed E-state index contributed by atoms with van der Waals surface area (Å²) < 4.78 is 26.3. The van der Waals surface area contributed by atoms with E-state index in [-0.39, 0.29) is 6.04 Å². The third kappa shape index (κ3) is 3.51. The molecule has 0 spiro atoms. The van der Waals surface area contributed by atoms with E-state index < -0.39 is 10.2 Å². The quantitative estimate of drug-likeness (QED) is 0.695. The molecule has 0 aliphatic heterocycles. The van der Waals surface area contributed by atoms with Gasteiger partial charge in [-0.1, -0.05) is 13.8 Å². The van der Waals surface area contributed by atoms with Gasteiger partial charge in [-0.15, -0.1) is 0 Å². The Morgan fingerprint density at radius 3 is 1.92 bits per heavy atom. The van der Waals surface area contributed by atoms with Crippen molar-refractivity contribution in [1.29, 1.82) is 0 Å². The zero-order valence-corrected chi connectivity index (χ0v) is 8.98. The Bertz CT molecular complexity index is 207. The van der Waals surface area contributed by atoms with Crippen molar-refractivity contribution in [2.75, 3.05) is 14.1 Å². The first-order valence-electron chi connectivity index (χ1n) is 4.13. The highest BCUT2D eigenvalue weighted by Crippen LogP contribution is 2.00. The lowest BCUT2D eigenvalue weighted by Crippen LogP contribution is -2.41. The van der Waals surface area contributed by atoms with Crippen LogP contribution in [0.1, 0.15) is 26.7 Å². The Morgan fingerprint density at radius 2 is 1.67 bits per heavy atom. The van der Waals surface area contributed by atoms with Crippen LogP contribution in [0, 0.1) is 0 Å². The maximum absolute atomic E-state index is 11.3. The van der Waals surface area contributed by atoms with E-state index in [1.165, 1.54) is 18.4 Å². The average Bonchev–Trinajstić information content (AvgIpc) is 2.00. The van der Waals surface area contributed by atoms with Crippen molar-refractivity contribution in [2.24, 2.45) is 0 Å². The van der Waals surface area contributed by atoms with Crippen LogP contribution >= 0.6 is 0 Å². The molecule has 0 bridgehead atoms. The fourth-order valence-electron chi connectivity index (χ4n) is 0.771. The van der Waals surface area contributed by atoms with Gasteiger partial charge >= 0.3 is 0 Å². The van der Waals surface area contributed by atoms with Gasteiger partial charge in [0.25, 0.3) is 10.2 Å². The summed E-state index contributed by atoms with van der Waals surface area (Å²) in [6.45, 7) is 3.93. The minimum atomic E-state index is -3.24. The minimum absolute atomic E-state index is 0.0531. The molecule has 0 aliphatic rings. The van der Waals surface area contributed by atoms with Crippen LogP contribution in [0.5, 0.6) is 0 Å². The van der Waals surface area contributed by atoms with Crippen LogP contribution in [0.3, 0.4) is 0 Å². The molecule has 1 N–H and O–H groups in total. The van der Waals surface area contributed by atoms with E-state index in [4.69, 9.17) is 0 Å². The predicted octanol–water partition coefficient (Wildman–Crippen LogP) is 0.571. The Labute approximate surface area is 75.1 Å². The Hall–Kier alpha value is -0.130. The SMILES string of the molecule is CCC(CC)NS(=O)(=O)N(C)C. The molecule has 5 heteroatoms. The van der Waals surface area contributed by atoms with Crippen LogP contribution in [-0.2, 0) is 10.2 Å². The first kappa shape index (κ1) is 11.9. The summed E-state index contributed by atoms with van der Waals surface area (Å²) in [5.41, 5.74) is 0. The average molecular weight is 194 g/mol. The number of hydrogen-bond acceptors (Lipinski definition) is 2. The highest BCUT2D eigenvalue weighted by molar-refractivity contribution is 7.87. The van der Waals surface area contributed by atoms with Crippen molar-refractivity contribution in [2.45, 2.75) is 32.7 Å². The van der Waals surface area contributed by atoms with E-state index in [9.17, 15) is 8.42 Å². The molecule has 0 aliphatic carbocycles.